The Labute approximate surface area is 121 Å². The highest BCUT2D eigenvalue weighted by Gasteiger charge is 2.25. The number of hydrogen-bond donors (Lipinski definition) is 1. The molecular formula is C15H26N4O. The fraction of sp³-hybridized carbons (Fsp3) is 0.733. The van der Waals surface area contributed by atoms with Crippen LogP contribution in [-0.2, 0) is 13.0 Å². The van der Waals surface area contributed by atoms with E-state index in [1.165, 1.54) is 0 Å². The van der Waals surface area contributed by atoms with Gasteiger partial charge in [0.25, 0.3) is 5.91 Å². The average Bonchev–Trinajstić information content (AvgIpc) is 2.91. The number of nitrogens with one attached hydrogen (secondary N) is 1. The lowest BCUT2D eigenvalue weighted by Crippen LogP contribution is -2.45. The first-order valence-electron chi connectivity index (χ1n) is 7.78. The third-order valence-corrected chi connectivity index (χ3v) is 3.99. The van der Waals surface area contributed by atoms with Crippen LogP contribution in [0.2, 0.25) is 0 Å². The molecule has 0 bridgehead atoms. The van der Waals surface area contributed by atoms with E-state index in [0.29, 0.717) is 6.04 Å². The Morgan fingerprint density at radius 1 is 1.35 bits per heavy atom. The zero-order chi connectivity index (χ0) is 14.5. The Balaban J connectivity index is 2.03. The van der Waals surface area contributed by atoms with Gasteiger partial charge in [-0.2, -0.15) is 5.10 Å². The van der Waals surface area contributed by atoms with Crippen LogP contribution in [0, 0.1) is 0 Å². The topological polar surface area (TPSA) is 50.2 Å². The second-order valence-electron chi connectivity index (χ2n) is 5.31. The minimum absolute atomic E-state index is 0.133. The quantitative estimate of drug-likeness (QED) is 0.891. The van der Waals surface area contributed by atoms with Gasteiger partial charge in [0, 0.05) is 25.7 Å². The van der Waals surface area contributed by atoms with Gasteiger partial charge in [0.2, 0.25) is 0 Å². The SMILES string of the molecule is CCNC1CCN(C(=O)c2cc(CC)nn2CC)CC1. The van der Waals surface area contributed by atoms with Crippen LogP contribution in [-0.4, -0.2) is 46.3 Å². The number of amides is 1. The summed E-state index contributed by atoms with van der Waals surface area (Å²) < 4.78 is 1.83. The van der Waals surface area contributed by atoms with Crippen molar-refractivity contribution in [1.82, 2.24) is 20.0 Å². The van der Waals surface area contributed by atoms with Crippen molar-refractivity contribution in [3.05, 3.63) is 17.5 Å². The van der Waals surface area contributed by atoms with Gasteiger partial charge in [-0.1, -0.05) is 13.8 Å². The number of aromatic nitrogens is 2. The molecule has 0 atom stereocenters. The predicted octanol–water partition coefficient (Wildman–Crippen LogP) is 1.68. The van der Waals surface area contributed by atoms with Gasteiger partial charge in [-0.15, -0.1) is 0 Å². The second kappa shape index (κ2) is 6.88. The molecule has 0 unspecified atom stereocenters. The average molecular weight is 278 g/mol. The number of carbonyl (C=O) groups is 1. The van der Waals surface area contributed by atoms with Crippen molar-refractivity contribution in [1.29, 1.82) is 0 Å². The van der Waals surface area contributed by atoms with E-state index in [9.17, 15) is 4.79 Å². The fourth-order valence-electron chi connectivity index (χ4n) is 2.79. The number of nitrogens with zero attached hydrogens (tertiary/aromatic N) is 3. The normalized spacial score (nSPS) is 16.6. The molecule has 20 heavy (non-hydrogen) atoms. The lowest BCUT2D eigenvalue weighted by atomic mass is 10.0. The first kappa shape index (κ1) is 15.0. The number of aryl methyl sites for hydroxylation is 2. The molecule has 5 heteroatoms. The van der Waals surface area contributed by atoms with E-state index in [2.05, 4.69) is 24.3 Å². The number of hydrogen-bond acceptors (Lipinski definition) is 3. The highest BCUT2D eigenvalue weighted by atomic mass is 16.2. The van der Waals surface area contributed by atoms with E-state index in [0.717, 1.165) is 56.8 Å². The van der Waals surface area contributed by atoms with E-state index in [1.807, 2.05) is 22.6 Å². The van der Waals surface area contributed by atoms with Gasteiger partial charge < -0.3 is 10.2 Å². The summed E-state index contributed by atoms with van der Waals surface area (Å²) in [6.45, 7) is 9.65. The Hall–Kier alpha value is -1.36. The maximum atomic E-state index is 12.6. The van der Waals surface area contributed by atoms with Crippen molar-refractivity contribution in [3.63, 3.8) is 0 Å². The standard InChI is InChI=1S/C15H26N4O/c1-4-12-11-14(19(6-3)17-12)15(20)18-9-7-13(8-10-18)16-5-2/h11,13,16H,4-10H2,1-3H3. The predicted molar refractivity (Wildman–Crippen MR) is 79.9 cm³/mol. The fourth-order valence-corrected chi connectivity index (χ4v) is 2.79. The molecule has 2 rings (SSSR count). The molecule has 1 N–H and O–H groups in total. The molecule has 0 aliphatic carbocycles. The molecule has 1 fully saturated rings. The molecule has 1 aliphatic heterocycles. The highest BCUT2D eigenvalue weighted by Crippen LogP contribution is 2.15. The van der Waals surface area contributed by atoms with E-state index in [1.54, 1.807) is 0 Å². The van der Waals surface area contributed by atoms with Gasteiger partial charge in [-0.3, -0.25) is 9.48 Å². The summed E-state index contributed by atoms with van der Waals surface area (Å²) in [4.78, 5) is 14.6. The van der Waals surface area contributed by atoms with Crippen molar-refractivity contribution < 1.29 is 4.79 Å². The van der Waals surface area contributed by atoms with Gasteiger partial charge in [0.05, 0.1) is 5.69 Å². The largest absolute Gasteiger partial charge is 0.337 e. The van der Waals surface area contributed by atoms with E-state index < -0.39 is 0 Å². The van der Waals surface area contributed by atoms with Crippen LogP contribution in [0.15, 0.2) is 6.07 Å². The zero-order valence-corrected chi connectivity index (χ0v) is 12.9. The van der Waals surface area contributed by atoms with Crippen LogP contribution in [0.3, 0.4) is 0 Å². The maximum absolute atomic E-state index is 12.6. The number of rotatable bonds is 5. The Kier molecular flexibility index (Phi) is 5.17. The van der Waals surface area contributed by atoms with Crippen molar-refractivity contribution in [2.75, 3.05) is 19.6 Å². The minimum atomic E-state index is 0.133. The van der Waals surface area contributed by atoms with Crippen molar-refractivity contribution in [3.8, 4) is 0 Å². The molecule has 1 aromatic rings. The summed E-state index contributed by atoms with van der Waals surface area (Å²) in [6, 6.07) is 2.51. The third-order valence-electron chi connectivity index (χ3n) is 3.99. The number of carbonyl (C=O) groups excluding carboxylic acids is 1. The molecule has 1 amide bonds. The molecule has 0 spiro atoms. The van der Waals surface area contributed by atoms with Crippen LogP contribution in [0.1, 0.15) is 49.8 Å². The Morgan fingerprint density at radius 3 is 2.60 bits per heavy atom. The van der Waals surface area contributed by atoms with Gasteiger partial charge in [-0.05, 0) is 38.8 Å². The zero-order valence-electron chi connectivity index (χ0n) is 12.9. The molecule has 1 aliphatic rings. The smallest absolute Gasteiger partial charge is 0.272 e. The minimum Gasteiger partial charge on any atom is -0.337 e. The number of likely N-dealkylation sites (tertiary alicyclic amines) is 1. The van der Waals surface area contributed by atoms with E-state index >= 15 is 0 Å². The lowest BCUT2D eigenvalue weighted by Gasteiger charge is -2.32. The van der Waals surface area contributed by atoms with Gasteiger partial charge in [0.15, 0.2) is 0 Å². The second-order valence-corrected chi connectivity index (χ2v) is 5.31. The Bertz CT molecular complexity index is 447. The van der Waals surface area contributed by atoms with Crippen LogP contribution < -0.4 is 5.32 Å². The van der Waals surface area contributed by atoms with Crippen molar-refractivity contribution in [2.24, 2.45) is 0 Å². The maximum Gasteiger partial charge on any atom is 0.272 e. The van der Waals surface area contributed by atoms with Crippen molar-refractivity contribution >= 4 is 5.91 Å². The first-order valence-corrected chi connectivity index (χ1v) is 7.78. The summed E-state index contributed by atoms with van der Waals surface area (Å²) in [5.74, 6) is 0.133. The Morgan fingerprint density at radius 2 is 2.05 bits per heavy atom. The molecule has 1 aromatic heterocycles. The molecule has 1 saturated heterocycles. The summed E-state index contributed by atoms with van der Waals surface area (Å²) in [7, 11) is 0. The highest BCUT2D eigenvalue weighted by molar-refractivity contribution is 5.92. The molecule has 2 heterocycles. The summed E-state index contributed by atoms with van der Waals surface area (Å²) in [6.07, 6.45) is 2.96. The molecular weight excluding hydrogens is 252 g/mol. The van der Waals surface area contributed by atoms with Crippen LogP contribution in [0.4, 0.5) is 0 Å². The van der Waals surface area contributed by atoms with Gasteiger partial charge >= 0.3 is 0 Å². The van der Waals surface area contributed by atoms with E-state index in [4.69, 9.17) is 0 Å². The molecule has 0 saturated carbocycles. The van der Waals surface area contributed by atoms with Gasteiger partial charge in [0.1, 0.15) is 5.69 Å². The lowest BCUT2D eigenvalue weighted by molar-refractivity contribution is 0.0693. The van der Waals surface area contributed by atoms with Gasteiger partial charge in [-0.25, -0.2) is 0 Å². The summed E-state index contributed by atoms with van der Waals surface area (Å²) in [5.41, 5.74) is 1.74. The first-order chi connectivity index (χ1) is 9.69. The molecule has 0 radical (unpaired) electrons. The van der Waals surface area contributed by atoms with Crippen molar-refractivity contribution in [2.45, 2.75) is 52.6 Å². The molecule has 5 nitrogen and oxygen atoms in total. The summed E-state index contributed by atoms with van der Waals surface area (Å²) in [5, 5.41) is 7.93. The third kappa shape index (κ3) is 3.20. The van der Waals surface area contributed by atoms with Crippen LogP contribution in [0.25, 0.3) is 0 Å². The number of piperidine rings is 1. The van der Waals surface area contributed by atoms with E-state index in [-0.39, 0.29) is 5.91 Å². The molecule has 112 valence electrons. The van der Waals surface area contributed by atoms with Crippen LogP contribution in [0.5, 0.6) is 0 Å². The summed E-state index contributed by atoms with van der Waals surface area (Å²) >= 11 is 0. The molecule has 0 aromatic carbocycles. The monoisotopic (exact) mass is 278 g/mol. The van der Waals surface area contributed by atoms with Crippen LogP contribution >= 0.6 is 0 Å².